The molecule has 0 aliphatic rings. The van der Waals surface area contributed by atoms with Crippen molar-refractivity contribution in [3.63, 3.8) is 0 Å². The van der Waals surface area contributed by atoms with Gasteiger partial charge in [0.2, 0.25) is 0 Å². The van der Waals surface area contributed by atoms with Crippen molar-refractivity contribution in [3.05, 3.63) is 114 Å². The molecular formula is C33H30N2O6. The Hall–Kier alpha value is -5.24. The van der Waals surface area contributed by atoms with E-state index in [1.54, 1.807) is 46.6 Å². The van der Waals surface area contributed by atoms with E-state index in [4.69, 9.17) is 23.5 Å². The van der Waals surface area contributed by atoms with Crippen LogP contribution in [0.5, 0.6) is 23.0 Å². The second-order valence-electron chi connectivity index (χ2n) is 9.17. The second-order valence-corrected chi connectivity index (χ2v) is 9.17. The summed E-state index contributed by atoms with van der Waals surface area (Å²) in [4.78, 5) is 13.5. The first-order valence-electron chi connectivity index (χ1n) is 12.9. The van der Waals surface area contributed by atoms with E-state index in [-0.39, 0.29) is 5.91 Å². The Kier molecular flexibility index (Phi) is 8.20. The summed E-state index contributed by atoms with van der Waals surface area (Å²) in [5.74, 6) is 3.10. The molecule has 0 saturated carbocycles. The highest BCUT2D eigenvalue weighted by atomic mass is 16.5. The van der Waals surface area contributed by atoms with Crippen molar-refractivity contribution >= 4 is 5.91 Å². The summed E-state index contributed by atoms with van der Waals surface area (Å²) >= 11 is 0. The predicted octanol–water partition coefficient (Wildman–Crippen LogP) is 6.56. The van der Waals surface area contributed by atoms with E-state index in [1.807, 2.05) is 78.9 Å². The molecule has 0 spiro atoms. The third kappa shape index (κ3) is 6.01. The number of rotatable bonds is 10. The van der Waals surface area contributed by atoms with Crippen molar-refractivity contribution in [2.45, 2.75) is 6.04 Å². The Morgan fingerprint density at radius 2 is 1.27 bits per heavy atom. The van der Waals surface area contributed by atoms with Crippen molar-refractivity contribution in [1.29, 1.82) is 0 Å². The number of hydrogen-bond donors (Lipinski definition) is 1. The number of benzene rings is 4. The SMILES string of the molecule is COc1ccc(-c2cc(-c3ccc(C(=O)NC(c4ccc(OC)cc4)c4ccc(OC)cc4OC)cc3)on2)cc1. The maximum Gasteiger partial charge on any atom is 0.252 e. The molecule has 0 aliphatic heterocycles. The first-order valence-corrected chi connectivity index (χ1v) is 12.9. The molecule has 0 fully saturated rings. The molecule has 1 aromatic heterocycles. The van der Waals surface area contributed by atoms with Crippen LogP contribution >= 0.6 is 0 Å². The highest BCUT2D eigenvalue weighted by molar-refractivity contribution is 5.95. The number of ether oxygens (including phenoxy) is 4. The maximum atomic E-state index is 13.5. The molecule has 0 radical (unpaired) electrons. The van der Waals surface area contributed by atoms with Crippen molar-refractivity contribution in [1.82, 2.24) is 10.5 Å². The zero-order chi connectivity index (χ0) is 28.8. The van der Waals surface area contributed by atoms with Crippen LogP contribution in [0.3, 0.4) is 0 Å². The van der Waals surface area contributed by atoms with Gasteiger partial charge in [0.15, 0.2) is 5.76 Å². The highest BCUT2D eigenvalue weighted by Crippen LogP contribution is 2.34. The fraction of sp³-hybridized carbons (Fsp3) is 0.152. The number of amides is 1. The van der Waals surface area contributed by atoms with Crippen LogP contribution in [0.2, 0.25) is 0 Å². The molecular weight excluding hydrogens is 520 g/mol. The summed E-state index contributed by atoms with van der Waals surface area (Å²) < 4.78 is 27.1. The van der Waals surface area contributed by atoms with Crippen LogP contribution in [0.1, 0.15) is 27.5 Å². The van der Waals surface area contributed by atoms with Gasteiger partial charge in [0.05, 0.1) is 34.5 Å². The van der Waals surface area contributed by atoms with Crippen LogP contribution in [-0.2, 0) is 0 Å². The van der Waals surface area contributed by atoms with Gasteiger partial charge >= 0.3 is 0 Å². The Labute approximate surface area is 238 Å². The van der Waals surface area contributed by atoms with Gasteiger partial charge in [-0.05, 0) is 66.2 Å². The lowest BCUT2D eigenvalue weighted by atomic mass is 9.96. The van der Waals surface area contributed by atoms with Crippen LogP contribution in [0.25, 0.3) is 22.6 Å². The zero-order valence-corrected chi connectivity index (χ0v) is 23.2. The standard InChI is InChI=1S/C33H30N2O6/c1-37-25-13-9-21(10-14-25)29-20-30(41-35-29)22-5-7-24(8-6-22)33(36)34-32(23-11-15-26(38-2)16-12-23)28-18-17-27(39-3)19-31(28)40-4/h5-20,32H,1-4H3,(H,34,36). The zero-order valence-electron chi connectivity index (χ0n) is 23.2. The van der Waals surface area contributed by atoms with Crippen LogP contribution in [0.15, 0.2) is 102 Å². The minimum absolute atomic E-state index is 0.244. The van der Waals surface area contributed by atoms with E-state index in [9.17, 15) is 4.79 Å². The van der Waals surface area contributed by atoms with Crippen LogP contribution < -0.4 is 24.3 Å². The minimum Gasteiger partial charge on any atom is -0.497 e. The Morgan fingerprint density at radius 3 is 1.88 bits per heavy atom. The molecule has 41 heavy (non-hydrogen) atoms. The number of carbonyl (C=O) groups is 1. The lowest BCUT2D eigenvalue weighted by Gasteiger charge is -2.23. The highest BCUT2D eigenvalue weighted by Gasteiger charge is 2.22. The minimum atomic E-state index is -0.490. The Bertz CT molecular complexity index is 1610. The molecule has 0 bridgehead atoms. The van der Waals surface area contributed by atoms with Gasteiger partial charge < -0.3 is 28.8 Å². The molecule has 5 aromatic rings. The summed E-state index contributed by atoms with van der Waals surface area (Å²) in [5.41, 5.74) is 4.57. The van der Waals surface area contributed by atoms with Crippen molar-refractivity contribution in [2.24, 2.45) is 0 Å². The van der Waals surface area contributed by atoms with E-state index in [1.165, 1.54) is 0 Å². The number of aromatic nitrogens is 1. The fourth-order valence-electron chi connectivity index (χ4n) is 4.50. The Morgan fingerprint density at radius 1 is 0.683 bits per heavy atom. The first-order chi connectivity index (χ1) is 20.0. The van der Waals surface area contributed by atoms with Crippen LogP contribution in [-0.4, -0.2) is 39.5 Å². The van der Waals surface area contributed by atoms with E-state index in [0.717, 1.165) is 33.8 Å². The molecule has 1 amide bonds. The Balaban J connectivity index is 1.39. The van der Waals surface area contributed by atoms with Gasteiger partial charge in [-0.2, -0.15) is 0 Å². The number of hydrogen-bond acceptors (Lipinski definition) is 7. The maximum absolute atomic E-state index is 13.5. The largest absolute Gasteiger partial charge is 0.497 e. The van der Waals surface area contributed by atoms with Gasteiger partial charge in [0.25, 0.3) is 5.91 Å². The van der Waals surface area contributed by atoms with E-state index >= 15 is 0 Å². The summed E-state index contributed by atoms with van der Waals surface area (Å²) in [6.45, 7) is 0. The summed E-state index contributed by atoms with van der Waals surface area (Å²) in [6, 6.07) is 29.2. The van der Waals surface area contributed by atoms with Gasteiger partial charge in [-0.3, -0.25) is 4.79 Å². The topological polar surface area (TPSA) is 92.1 Å². The second kappa shape index (κ2) is 12.3. The average Bonchev–Trinajstić information content (AvgIpc) is 3.54. The van der Waals surface area contributed by atoms with Gasteiger partial charge in [0, 0.05) is 34.4 Å². The van der Waals surface area contributed by atoms with Crippen molar-refractivity contribution < 1.29 is 28.3 Å². The smallest absolute Gasteiger partial charge is 0.252 e. The van der Waals surface area contributed by atoms with Crippen LogP contribution in [0, 0.1) is 0 Å². The molecule has 1 N–H and O–H groups in total. The third-order valence-electron chi connectivity index (χ3n) is 6.80. The van der Waals surface area contributed by atoms with Gasteiger partial charge in [-0.25, -0.2) is 0 Å². The first kappa shape index (κ1) is 27.3. The van der Waals surface area contributed by atoms with Gasteiger partial charge in [0.1, 0.15) is 28.7 Å². The third-order valence-corrected chi connectivity index (χ3v) is 6.80. The van der Waals surface area contributed by atoms with E-state index < -0.39 is 6.04 Å². The van der Waals surface area contributed by atoms with Crippen LogP contribution in [0.4, 0.5) is 0 Å². The molecule has 8 heteroatoms. The monoisotopic (exact) mass is 550 g/mol. The lowest BCUT2D eigenvalue weighted by molar-refractivity contribution is 0.0942. The summed E-state index contributed by atoms with van der Waals surface area (Å²) in [5, 5.41) is 7.36. The number of nitrogens with one attached hydrogen (secondary N) is 1. The summed E-state index contributed by atoms with van der Waals surface area (Å²) in [6.07, 6.45) is 0. The quantitative estimate of drug-likeness (QED) is 0.210. The van der Waals surface area contributed by atoms with E-state index in [0.29, 0.717) is 28.5 Å². The normalized spacial score (nSPS) is 11.4. The van der Waals surface area contributed by atoms with Gasteiger partial charge in [-0.1, -0.05) is 29.4 Å². The molecule has 8 nitrogen and oxygen atoms in total. The molecule has 4 aromatic carbocycles. The molecule has 0 saturated heterocycles. The average molecular weight is 551 g/mol. The van der Waals surface area contributed by atoms with Crippen molar-refractivity contribution in [3.8, 4) is 45.6 Å². The number of carbonyl (C=O) groups excluding carboxylic acids is 1. The van der Waals surface area contributed by atoms with E-state index in [2.05, 4.69) is 10.5 Å². The molecule has 5 rings (SSSR count). The molecule has 0 aliphatic carbocycles. The number of methoxy groups -OCH3 is 4. The fourth-order valence-corrected chi connectivity index (χ4v) is 4.50. The molecule has 208 valence electrons. The molecule has 1 heterocycles. The molecule has 1 unspecified atom stereocenters. The molecule has 1 atom stereocenters. The number of nitrogens with zero attached hydrogens (tertiary/aromatic N) is 1. The summed E-state index contributed by atoms with van der Waals surface area (Å²) in [7, 11) is 6.43. The predicted molar refractivity (Wildman–Crippen MR) is 156 cm³/mol. The van der Waals surface area contributed by atoms with Crippen molar-refractivity contribution in [2.75, 3.05) is 28.4 Å². The lowest BCUT2D eigenvalue weighted by Crippen LogP contribution is -2.29. The van der Waals surface area contributed by atoms with Gasteiger partial charge in [-0.15, -0.1) is 0 Å².